The van der Waals surface area contributed by atoms with Crippen LogP contribution in [0.3, 0.4) is 0 Å². The summed E-state index contributed by atoms with van der Waals surface area (Å²) in [6, 6.07) is 0. The number of rotatable bonds is 5. The van der Waals surface area contributed by atoms with Crippen LogP contribution < -0.4 is 0 Å². The van der Waals surface area contributed by atoms with E-state index in [0.717, 1.165) is 35.5 Å². The Kier molecular flexibility index (Phi) is 5.59. The quantitative estimate of drug-likeness (QED) is 0.426. The van der Waals surface area contributed by atoms with E-state index in [1.54, 1.807) is 6.42 Å². The molecule has 0 amide bonds. The van der Waals surface area contributed by atoms with Crippen LogP contribution >= 0.6 is 0 Å². The normalized spacial score (nSPS) is 45.0. The lowest BCUT2D eigenvalue weighted by Crippen LogP contribution is -2.50. The van der Waals surface area contributed by atoms with Gasteiger partial charge in [0.2, 0.25) is 0 Å². The van der Waals surface area contributed by atoms with Crippen molar-refractivity contribution < 1.29 is 0 Å². The Morgan fingerprint density at radius 2 is 1.78 bits per heavy atom. The molecule has 4 rings (SSSR count). The third-order valence-electron chi connectivity index (χ3n) is 10.2. The van der Waals surface area contributed by atoms with Gasteiger partial charge in [-0.2, -0.15) is 0 Å². The summed E-state index contributed by atoms with van der Waals surface area (Å²) < 4.78 is 0. The van der Waals surface area contributed by atoms with Gasteiger partial charge in [0.15, 0.2) is 0 Å². The van der Waals surface area contributed by atoms with Crippen LogP contribution in [0.1, 0.15) is 112 Å². The second-order valence-electron chi connectivity index (χ2n) is 12.0. The zero-order valence-electron chi connectivity index (χ0n) is 19.0. The molecule has 154 valence electrons. The fraction of sp³-hybridized carbons (Fsp3) is 0.926. The number of fused-ring (bicyclic) bond motifs is 5. The molecular weight excluding hydrogens is 324 g/mol. The predicted molar refractivity (Wildman–Crippen MR) is 118 cm³/mol. The van der Waals surface area contributed by atoms with Gasteiger partial charge in [-0.1, -0.05) is 65.5 Å². The summed E-state index contributed by atoms with van der Waals surface area (Å²) in [5.74, 6) is 5.91. The molecule has 27 heavy (non-hydrogen) atoms. The maximum absolute atomic E-state index is 2.74. The molecule has 0 bridgehead atoms. The Bertz CT molecular complexity index is 556. The molecule has 0 radical (unpaired) electrons. The van der Waals surface area contributed by atoms with Gasteiger partial charge in [-0.15, -0.1) is 0 Å². The topological polar surface area (TPSA) is 0 Å². The second-order valence-corrected chi connectivity index (χ2v) is 12.0. The molecule has 3 saturated carbocycles. The molecule has 0 aromatic rings. The van der Waals surface area contributed by atoms with Gasteiger partial charge in [0.1, 0.15) is 0 Å². The Balaban J connectivity index is 1.48. The number of allylic oxidation sites excluding steroid dienone is 2. The molecule has 0 aromatic carbocycles. The minimum atomic E-state index is 0.573. The lowest BCUT2D eigenvalue weighted by atomic mass is 9.46. The van der Waals surface area contributed by atoms with Crippen LogP contribution in [0.2, 0.25) is 0 Å². The zero-order valence-corrected chi connectivity index (χ0v) is 19.0. The van der Waals surface area contributed by atoms with E-state index < -0.39 is 0 Å². The fourth-order valence-corrected chi connectivity index (χ4v) is 8.78. The van der Waals surface area contributed by atoms with Crippen molar-refractivity contribution in [2.75, 3.05) is 0 Å². The van der Waals surface area contributed by atoms with E-state index in [1.807, 2.05) is 5.57 Å². The van der Waals surface area contributed by atoms with Crippen LogP contribution in [-0.4, -0.2) is 0 Å². The van der Waals surface area contributed by atoms with Crippen molar-refractivity contribution in [3.63, 3.8) is 0 Å². The monoisotopic (exact) mass is 370 g/mol. The SMILES string of the molecule is CC(C)CCC[C@H](C)[C@H]1CC[C@H]2[C@@H]3CCC4=CCCC[C@]4(C)[C@H]3CC[C@]12C. The first-order valence-corrected chi connectivity index (χ1v) is 12.6. The second kappa shape index (κ2) is 7.53. The van der Waals surface area contributed by atoms with Crippen LogP contribution in [0.4, 0.5) is 0 Å². The minimum absolute atomic E-state index is 0.573. The smallest absolute Gasteiger partial charge is 0.00853 e. The molecule has 0 heteroatoms. The maximum atomic E-state index is 2.74. The lowest BCUT2D eigenvalue weighted by Gasteiger charge is -2.58. The van der Waals surface area contributed by atoms with Crippen molar-refractivity contribution >= 4 is 0 Å². The molecule has 0 aromatic heterocycles. The Morgan fingerprint density at radius 3 is 2.56 bits per heavy atom. The summed E-state index contributed by atoms with van der Waals surface area (Å²) in [5.41, 5.74) is 3.10. The number of hydrogen-bond donors (Lipinski definition) is 0. The van der Waals surface area contributed by atoms with Gasteiger partial charge >= 0.3 is 0 Å². The molecule has 0 aliphatic heterocycles. The molecule has 0 unspecified atom stereocenters. The largest absolute Gasteiger partial charge is 0.0848 e. The van der Waals surface area contributed by atoms with Crippen LogP contribution in [0.5, 0.6) is 0 Å². The molecule has 3 fully saturated rings. The standard InChI is InChI=1S/C27H46/c1-19(2)9-8-10-20(3)23-14-15-24-22-13-12-21-11-6-7-17-26(21,4)25(22)16-18-27(23,24)5/h11,19-20,22-25H,6-10,12-18H2,1-5H3/t20-,22-,23+,24-,25-,26-,27+/m0/s1. The highest BCUT2D eigenvalue weighted by Gasteiger charge is 2.59. The van der Waals surface area contributed by atoms with Crippen molar-refractivity contribution in [1.29, 1.82) is 0 Å². The molecule has 4 aliphatic rings. The van der Waals surface area contributed by atoms with Gasteiger partial charge in [-0.05, 0) is 104 Å². The highest BCUT2D eigenvalue weighted by molar-refractivity contribution is 5.23. The molecule has 0 saturated heterocycles. The third-order valence-corrected chi connectivity index (χ3v) is 10.2. The number of hydrogen-bond acceptors (Lipinski definition) is 0. The van der Waals surface area contributed by atoms with Crippen molar-refractivity contribution in [2.24, 2.45) is 46.3 Å². The zero-order chi connectivity index (χ0) is 19.2. The highest BCUT2D eigenvalue weighted by Crippen LogP contribution is 2.67. The first-order valence-electron chi connectivity index (χ1n) is 12.6. The molecule has 4 aliphatic carbocycles. The van der Waals surface area contributed by atoms with E-state index in [0.29, 0.717) is 10.8 Å². The van der Waals surface area contributed by atoms with E-state index in [1.165, 1.54) is 70.6 Å². The van der Waals surface area contributed by atoms with E-state index in [-0.39, 0.29) is 0 Å². The van der Waals surface area contributed by atoms with Gasteiger partial charge in [0.25, 0.3) is 0 Å². The van der Waals surface area contributed by atoms with Crippen LogP contribution in [0, 0.1) is 46.3 Å². The minimum Gasteiger partial charge on any atom is -0.0848 e. The first kappa shape index (κ1) is 20.0. The van der Waals surface area contributed by atoms with Crippen LogP contribution in [0.15, 0.2) is 11.6 Å². The van der Waals surface area contributed by atoms with E-state index >= 15 is 0 Å². The van der Waals surface area contributed by atoms with Gasteiger partial charge in [0, 0.05) is 0 Å². The van der Waals surface area contributed by atoms with Crippen LogP contribution in [-0.2, 0) is 0 Å². The Labute approximate surface area is 170 Å². The summed E-state index contributed by atoms with van der Waals surface area (Å²) >= 11 is 0. The van der Waals surface area contributed by atoms with Gasteiger partial charge in [-0.3, -0.25) is 0 Å². The van der Waals surface area contributed by atoms with E-state index in [9.17, 15) is 0 Å². The molecular formula is C27H46. The molecule has 7 atom stereocenters. The van der Waals surface area contributed by atoms with Gasteiger partial charge < -0.3 is 0 Å². The summed E-state index contributed by atoms with van der Waals surface area (Å²) in [7, 11) is 0. The van der Waals surface area contributed by atoms with Crippen molar-refractivity contribution in [1.82, 2.24) is 0 Å². The van der Waals surface area contributed by atoms with E-state index in [4.69, 9.17) is 0 Å². The molecule has 0 spiro atoms. The summed E-state index contributed by atoms with van der Waals surface area (Å²) in [5, 5.41) is 0. The first-order chi connectivity index (χ1) is 12.9. The summed E-state index contributed by atoms with van der Waals surface area (Å²) in [6.07, 6.45) is 20.4. The van der Waals surface area contributed by atoms with Gasteiger partial charge in [-0.25, -0.2) is 0 Å². The molecule has 0 nitrogen and oxygen atoms in total. The fourth-order valence-electron chi connectivity index (χ4n) is 8.78. The summed E-state index contributed by atoms with van der Waals surface area (Å²) in [6.45, 7) is 12.8. The van der Waals surface area contributed by atoms with Crippen molar-refractivity contribution in [3.05, 3.63) is 11.6 Å². The average Bonchev–Trinajstić information content (AvgIpc) is 2.98. The van der Waals surface area contributed by atoms with Crippen LogP contribution in [0.25, 0.3) is 0 Å². The molecule has 0 N–H and O–H groups in total. The van der Waals surface area contributed by atoms with Crippen molar-refractivity contribution in [2.45, 2.75) is 112 Å². The Hall–Kier alpha value is -0.260. The van der Waals surface area contributed by atoms with Crippen molar-refractivity contribution in [3.8, 4) is 0 Å². The Morgan fingerprint density at radius 1 is 0.963 bits per heavy atom. The summed E-state index contributed by atoms with van der Waals surface area (Å²) in [4.78, 5) is 0. The highest BCUT2D eigenvalue weighted by atomic mass is 14.6. The van der Waals surface area contributed by atoms with E-state index in [2.05, 4.69) is 40.7 Å². The predicted octanol–water partition coefficient (Wildman–Crippen LogP) is 8.42. The maximum Gasteiger partial charge on any atom is -0.00853 e. The average molecular weight is 371 g/mol. The lowest BCUT2D eigenvalue weighted by molar-refractivity contribution is -0.0592. The molecule has 0 heterocycles. The third kappa shape index (κ3) is 3.36. The van der Waals surface area contributed by atoms with Gasteiger partial charge in [0.05, 0.1) is 0 Å².